The van der Waals surface area contributed by atoms with Gasteiger partial charge in [0.25, 0.3) is 0 Å². The number of nitrogens with zero attached hydrogens (tertiary/aromatic N) is 1. The first-order valence-electron chi connectivity index (χ1n) is 6.45. The second-order valence-corrected chi connectivity index (χ2v) is 7.67. The van der Waals surface area contributed by atoms with Gasteiger partial charge in [-0.2, -0.15) is 4.31 Å². The van der Waals surface area contributed by atoms with Crippen LogP contribution in [-0.4, -0.2) is 44.9 Å². The maximum absolute atomic E-state index is 12.7. The molecule has 1 saturated heterocycles. The molecule has 1 amide bonds. The van der Waals surface area contributed by atoms with E-state index in [1.54, 1.807) is 12.1 Å². The first-order chi connectivity index (χ1) is 9.84. The number of carbonyl (C=O) groups is 1. The van der Waals surface area contributed by atoms with Crippen LogP contribution in [-0.2, 0) is 14.8 Å². The van der Waals surface area contributed by atoms with Crippen LogP contribution in [0.3, 0.4) is 0 Å². The van der Waals surface area contributed by atoms with Gasteiger partial charge in [0.2, 0.25) is 15.9 Å². The van der Waals surface area contributed by atoms with Gasteiger partial charge in [0, 0.05) is 30.5 Å². The number of halogens is 1. The fourth-order valence-electron chi connectivity index (χ4n) is 2.34. The third-order valence-electron chi connectivity index (χ3n) is 3.30. The lowest BCUT2D eigenvalue weighted by Crippen LogP contribution is -2.37. The minimum absolute atomic E-state index is 0.128. The van der Waals surface area contributed by atoms with Gasteiger partial charge in [-0.1, -0.05) is 15.9 Å². The lowest BCUT2D eigenvalue weighted by molar-refractivity contribution is -0.119. The molecule has 1 N–H and O–H groups in total. The average molecular weight is 377 g/mol. The van der Waals surface area contributed by atoms with Crippen molar-refractivity contribution in [3.63, 3.8) is 0 Å². The van der Waals surface area contributed by atoms with Crippen molar-refractivity contribution in [3.05, 3.63) is 22.7 Å². The minimum Gasteiger partial charge on any atom is -0.495 e. The molecule has 0 saturated carbocycles. The molecule has 116 valence electrons. The van der Waals surface area contributed by atoms with Crippen molar-refractivity contribution in [2.24, 2.45) is 0 Å². The predicted molar refractivity (Wildman–Crippen MR) is 81.7 cm³/mol. The molecule has 8 heteroatoms. The van der Waals surface area contributed by atoms with E-state index in [0.29, 0.717) is 23.2 Å². The van der Waals surface area contributed by atoms with Gasteiger partial charge in [-0.15, -0.1) is 0 Å². The number of amides is 1. The first kappa shape index (κ1) is 16.3. The van der Waals surface area contributed by atoms with Crippen molar-refractivity contribution in [2.75, 3.05) is 20.2 Å². The largest absolute Gasteiger partial charge is 0.495 e. The van der Waals surface area contributed by atoms with Crippen molar-refractivity contribution >= 4 is 31.9 Å². The van der Waals surface area contributed by atoms with Crippen LogP contribution in [0.1, 0.15) is 13.3 Å². The molecular weight excluding hydrogens is 360 g/mol. The average Bonchev–Trinajstić information content (AvgIpc) is 2.87. The van der Waals surface area contributed by atoms with Gasteiger partial charge in [-0.25, -0.2) is 8.42 Å². The summed E-state index contributed by atoms with van der Waals surface area (Å²) in [5.41, 5.74) is 0. The topological polar surface area (TPSA) is 75.7 Å². The number of sulfonamides is 1. The highest BCUT2D eigenvalue weighted by Gasteiger charge is 2.34. The molecule has 1 heterocycles. The molecule has 21 heavy (non-hydrogen) atoms. The molecule has 1 aromatic rings. The number of hydrogen-bond acceptors (Lipinski definition) is 4. The number of carbonyl (C=O) groups excluding carboxylic acids is 1. The number of rotatable bonds is 4. The fourth-order valence-corrected chi connectivity index (χ4v) is 4.54. The number of methoxy groups -OCH3 is 1. The van der Waals surface area contributed by atoms with Crippen molar-refractivity contribution in [1.82, 2.24) is 9.62 Å². The Hall–Kier alpha value is -1.12. The van der Waals surface area contributed by atoms with Crippen LogP contribution >= 0.6 is 15.9 Å². The van der Waals surface area contributed by atoms with Crippen LogP contribution in [0.2, 0.25) is 0 Å². The third kappa shape index (κ3) is 3.56. The van der Waals surface area contributed by atoms with Gasteiger partial charge in [-0.3, -0.25) is 4.79 Å². The third-order valence-corrected chi connectivity index (χ3v) is 5.68. The Kier molecular flexibility index (Phi) is 4.90. The summed E-state index contributed by atoms with van der Waals surface area (Å²) in [6.07, 6.45) is 0.606. The Bertz CT molecular complexity index is 648. The summed E-state index contributed by atoms with van der Waals surface area (Å²) in [6, 6.07) is 4.72. The first-order valence-corrected chi connectivity index (χ1v) is 8.68. The van der Waals surface area contributed by atoms with Crippen LogP contribution in [0.15, 0.2) is 27.6 Å². The van der Waals surface area contributed by atoms with Crippen molar-refractivity contribution in [1.29, 1.82) is 0 Å². The Balaban J connectivity index is 2.27. The molecule has 2 rings (SSSR count). The van der Waals surface area contributed by atoms with Crippen molar-refractivity contribution in [2.45, 2.75) is 24.3 Å². The minimum atomic E-state index is -3.65. The van der Waals surface area contributed by atoms with Gasteiger partial charge in [0.1, 0.15) is 10.6 Å². The van der Waals surface area contributed by atoms with E-state index >= 15 is 0 Å². The number of nitrogens with one attached hydrogen (secondary N) is 1. The molecule has 0 bridgehead atoms. The number of ether oxygens (including phenoxy) is 1. The maximum Gasteiger partial charge on any atom is 0.246 e. The maximum atomic E-state index is 12.7. The van der Waals surface area contributed by atoms with Crippen LogP contribution in [0, 0.1) is 0 Å². The molecule has 1 aliphatic rings. The van der Waals surface area contributed by atoms with Crippen molar-refractivity contribution in [3.8, 4) is 5.75 Å². The molecule has 1 aliphatic heterocycles. The smallest absolute Gasteiger partial charge is 0.246 e. The zero-order valence-corrected chi connectivity index (χ0v) is 14.2. The zero-order valence-electron chi connectivity index (χ0n) is 11.8. The molecule has 0 aliphatic carbocycles. The summed E-state index contributed by atoms with van der Waals surface area (Å²) in [5, 5.41) is 2.75. The highest BCUT2D eigenvalue weighted by molar-refractivity contribution is 9.10. The number of benzene rings is 1. The Labute approximate surface area is 132 Å². The van der Waals surface area contributed by atoms with Gasteiger partial charge in [0.05, 0.1) is 7.11 Å². The van der Waals surface area contributed by atoms with E-state index in [2.05, 4.69) is 21.2 Å². The van der Waals surface area contributed by atoms with Gasteiger partial charge in [0.15, 0.2) is 0 Å². The van der Waals surface area contributed by atoms with Gasteiger partial charge >= 0.3 is 0 Å². The molecule has 6 nitrogen and oxygen atoms in total. The molecule has 1 aromatic carbocycles. The molecule has 1 atom stereocenters. The van der Waals surface area contributed by atoms with E-state index < -0.39 is 10.0 Å². The summed E-state index contributed by atoms with van der Waals surface area (Å²) < 4.78 is 32.6. The monoisotopic (exact) mass is 376 g/mol. The summed E-state index contributed by atoms with van der Waals surface area (Å²) in [5.74, 6) is 0.153. The lowest BCUT2D eigenvalue weighted by atomic mass is 10.3. The Morgan fingerprint density at radius 3 is 2.81 bits per heavy atom. The van der Waals surface area contributed by atoms with E-state index in [1.165, 1.54) is 24.4 Å². The predicted octanol–water partition coefficient (Wildman–Crippen LogP) is 1.36. The molecule has 0 spiro atoms. The number of hydrogen-bond donors (Lipinski definition) is 1. The second-order valence-electron chi connectivity index (χ2n) is 4.84. The summed E-state index contributed by atoms with van der Waals surface area (Å²) in [7, 11) is -2.21. The van der Waals surface area contributed by atoms with E-state index in [0.717, 1.165) is 0 Å². The van der Waals surface area contributed by atoms with Crippen LogP contribution in [0.25, 0.3) is 0 Å². The summed E-state index contributed by atoms with van der Waals surface area (Å²) in [6.45, 7) is 2.08. The van der Waals surface area contributed by atoms with Gasteiger partial charge < -0.3 is 10.1 Å². The van der Waals surface area contributed by atoms with Gasteiger partial charge in [-0.05, 0) is 24.6 Å². The molecule has 1 fully saturated rings. The Morgan fingerprint density at radius 2 is 2.19 bits per heavy atom. The van der Waals surface area contributed by atoms with E-state index in [4.69, 9.17) is 4.74 Å². The van der Waals surface area contributed by atoms with Crippen LogP contribution in [0.5, 0.6) is 5.75 Å². The summed E-state index contributed by atoms with van der Waals surface area (Å²) in [4.78, 5) is 11.2. The highest BCUT2D eigenvalue weighted by Crippen LogP contribution is 2.31. The van der Waals surface area contributed by atoms with Crippen molar-refractivity contribution < 1.29 is 17.9 Å². The molecule has 0 radical (unpaired) electrons. The molecular formula is C13H17BrN2O4S. The van der Waals surface area contributed by atoms with Crippen LogP contribution in [0.4, 0.5) is 0 Å². The summed E-state index contributed by atoms with van der Waals surface area (Å²) >= 11 is 3.28. The highest BCUT2D eigenvalue weighted by atomic mass is 79.9. The second kappa shape index (κ2) is 6.33. The van der Waals surface area contributed by atoms with E-state index in [1.807, 2.05) is 0 Å². The normalized spacial score (nSPS) is 19.5. The quantitative estimate of drug-likeness (QED) is 0.860. The Morgan fingerprint density at radius 1 is 1.48 bits per heavy atom. The van der Waals surface area contributed by atoms with E-state index in [9.17, 15) is 13.2 Å². The van der Waals surface area contributed by atoms with Crippen LogP contribution < -0.4 is 10.1 Å². The fraction of sp³-hybridized carbons (Fsp3) is 0.462. The lowest BCUT2D eigenvalue weighted by Gasteiger charge is -2.18. The van der Waals surface area contributed by atoms with E-state index in [-0.39, 0.29) is 23.4 Å². The molecule has 0 aromatic heterocycles. The standard InChI is InChI=1S/C13H17BrN2O4S/c1-9(17)15-11-5-6-16(8-11)21(18,19)13-7-10(14)3-4-12(13)20-2/h3-4,7,11H,5-6,8H2,1-2H3,(H,15,17). The molecule has 1 unspecified atom stereocenters. The SMILES string of the molecule is COc1ccc(Br)cc1S(=O)(=O)N1CCC(NC(C)=O)C1. The zero-order chi connectivity index (χ0) is 15.6.